The molecule has 0 radical (unpaired) electrons. The lowest BCUT2D eigenvalue weighted by Gasteiger charge is -2.15. The van der Waals surface area contributed by atoms with Crippen molar-refractivity contribution in [3.63, 3.8) is 0 Å². The SMILES string of the molecule is CSc1ccc(NC(=O)NCC(=O)N2CCCC2)cc1. The second kappa shape index (κ2) is 7.19. The van der Waals surface area contributed by atoms with Crippen LogP contribution in [0.5, 0.6) is 0 Å². The molecule has 0 atom stereocenters. The zero-order valence-corrected chi connectivity index (χ0v) is 12.3. The van der Waals surface area contributed by atoms with Gasteiger partial charge in [-0.2, -0.15) is 0 Å². The first-order chi connectivity index (χ1) is 9.69. The number of thioether (sulfide) groups is 1. The Morgan fingerprint density at radius 3 is 2.45 bits per heavy atom. The van der Waals surface area contributed by atoms with Gasteiger partial charge < -0.3 is 15.5 Å². The smallest absolute Gasteiger partial charge is 0.319 e. The lowest BCUT2D eigenvalue weighted by molar-refractivity contribution is -0.128. The average Bonchev–Trinajstić information content (AvgIpc) is 3.00. The summed E-state index contributed by atoms with van der Waals surface area (Å²) in [6.45, 7) is 1.66. The molecule has 0 spiro atoms. The van der Waals surface area contributed by atoms with Crippen LogP contribution in [-0.4, -0.2) is 42.7 Å². The number of nitrogens with one attached hydrogen (secondary N) is 2. The summed E-state index contributed by atoms with van der Waals surface area (Å²) in [5.74, 6) is -0.0182. The number of carbonyl (C=O) groups excluding carboxylic acids is 2. The Labute approximate surface area is 123 Å². The van der Waals surface area contributed by atoms with Crippen LogP contribution in [0.4, 0.5) is 10.5 Å². The number of amides is 3. The van der Waals surface area contributed by atoms with E-state index in [4.69, 9.17) is 0 Å². The lowest BCUT2D eigenvalue weighted by Crippen LogP contribution is -2.40. The van der Waals surface area contributed by atoms with E-state index in [2.05, 4.69) is 10.6 Å². The van der Waals surface area contributed by atoms with E-state index in [1.807, 2.05) is 30.5 Å². The predicted molar refractivity (Wildman–Crippen MR) is 81.1 cm³/mol. The molecule has 0 unspecified atom stereocenters. The van der Waals surface area contributed by atoms with Crippen LogP contribution in [0.25, 0.3) is 0 Å². The molecule has 1 aromatic rings. The van der Waals surface area contributed by atoms with E-state index in [9.17, 15) is 9.59 Å². The quantitative estimate of drug-likeness (QED) is 0.836. The third-order valence-corrected chi connectivity index (χ3v) is 3.95. The molecule has 1 fully saturated rings. The molecule has 1 aliphatic heterocycles. The van der Waals surface area contributed by atoms with Gasteiger partial charge in [0.25, 0.3) is 0 Å². The molecule has 0 bridgehead atoms. The average molecular weight is 293 g/mol. The fourth-order valence-corrected chi connectivity index (χ4v) is 2.49. The van der Waals surface area contributed by atoms with Crippen molar-refractivity contribution in [2.45, 2.75) is 17.7 Å². The van der Waals surface area contributed by atoms with E-state index >= 15 is 0 Å². The van der Waals surface area contributed by atoms with Crippen LogP contribution in [0.3, 0.4) is 0 Å². The number of hydrogen-bond acceptors (Lipinski definition) is 3. The van der Waals surface area contributed by atoms with Crippen LogP contribution >= 0.6 is 11.8 Å². The van der Waals surface area contributed by atoms with Gasteiger partial charge in [0.05, 0.1) is 6.54 Å². The van der Waals surface area contributed by atoms with Crippen LogP contribution in [0.15, 0.2) is 29.2 Å². The molecule has 0 aliphatic carbocycles. The van der Waals surface area contributed by atoms with Crippen LogP contribution in [0.1, 0.15) is 12.8 Å². The van der Waals surface area contributed by atoms with Crippen molar-refractivity contribution in [2.24, 2.45) is 0 Å². The van der Waals surface area contributed by atoms with Gasteiger partial charge in [-0.1, -0.05) is 0 Å². The molecule has 0 saturated carbocycles. The number of urea groups is 1. The fraction of sp³-hybridized carbons (Fsp3) is 0.429. The molecular weight excluding hydrogens is 274 g/mol. The number of nitrogens with zero attached hydrogens (tertiary/aromatic N) is 1. The zero-order valence-electron chi connectivity index (χ0n) is 11.5. The van der Waals surface area contributed by atoms with Gasteiger partial charge in [0.15, 0.2) is 0 Å². The molecule has 5 nitrogen and oxygen atoms in total. The first kappa shape index (κ1) is 14.7. The van der Waals surface area contributed by atoms with Crippen LogP contribution in [0.2, 0.25) is 0 Å². The van der Waals surface area contributed by atoms with E-state index in [-0.39, 0.29) is 18.5 Å². The molecule has 1 aliphatic rings. The van der Waals surface area contributed by atoms with E-state index in [1.54, 1.807) is 16.7 Å². The van der Waals surface area contributed by atoms with Gasteiger partial charge in [0.1, 0.15) is 0 Å². The minimum atomic E-state index is -0.352. The van der Waals surface area contributed by atoms with Crippen molar-refractivity contribution in [3.8, 4) is 0 Å². The van der Waals surface area contributed by atoms with Gasteiger partial charge in [-0.3, -0.25) is 4.79 Å². The first-order valence-corrected chi connectivity index (χ1v) is 7.88. The molecule has 1 heterocycles. The van der Waals surface area contributed by atoms with Gasteiger partial charge in [0.2, 0.25) is 5.91 Å². The van der Waals surface area contributed by atoms with Crippen molar-refractivity contribution in [1.29, 1.82) is 0 Å². The Bertz CT molecular complexity index is 470. The highest BCUT2D eigenvalue weighted by atomic mass is 32.2. The van der Waals surface area contributed by atoms with Crippen LogP contribution in [0, 0.1) is 0 Å². The number of carbonyl (C=O) groups is 2. The molecular formula is C14H19N3O2S. The Hall–Kier alpha value is -1.69. The van der Waals surface area contributed by atoms with Gasteiger partial charge in [-0.15, -0.1) is 11.8 Å². The molecule has 108 valence electrons. The highest BCUT2D eigenvalue weighted by Gasteiger charge is 2.17. The number of hydrogen-bond donors (Lipinski definition) is 2. The van der Waals surface area contributed by atoms with Gasteiger partial charge in [-0.05, 0) is 43.4 Å². The highest BCUT2D eigenvalue weighted by Crippen LogP contribution is 2.17. The van der Waals surface area contributed by atoms with Crippen molar-refractivity contribution in [2.75, 3.05) is 31.2 Å². The molecule has 0 aromatic heterocycles. The summed E-state index contributed by atoms with van der Waals surface area (Å²) in [5.41, 5.74) is 0.717. The number of likely N-dealkylation sites (tertiary alicyclic amines) is 1. The fourth-order valence-electron chi connectivity index (χ4n) is 2.08. The molecule has 20 heavy (non-hydrogen) atoms. The number of benzene rings is 1. The Morgan fingerprint density at radius 1 is 1.20 bits per heavy atom. The zero-order chi connectivity index (χ0) is 14.4. The maximum absolute atomic E-state index is 11.8. The van der Waals surface area contributed by atoms with Gasteiger partial charge in [-0.25, -0.2) is 4.79 Å². The Balaban J connectivity index is 1.75. The maximum atomic E-state index is 11.8. The lowest BCUT2D eigenvalue weighted by atomic mass is 10.3. The van der Waals surface area contributed by atoms with Crippen molar-refractivity contribution in [1.82, 2.24) is 10.2 Å². The van der Waals surface area contributed by atoms with Crippen LogP contribution in [-0.2, 0) is 4.79 Å². The summed E-state index contributed by atoms with van der Waals surface area (Å²) < 4.78 is 0. The Kier molecular flexibility index (Phi) is 5.29. The molecule has 6 heteroatoms. The number of rotatable bonds is 4. The van der Waals surface area contributed by atoms with Crippen LogP contribution < -0.4 is 10.6 Å². The topological polar surface area (TPSA) is 61.4 Å². The third-order valence-electron chi connectivity index (χ3n) is 3.21. The summed E-state index contributed by atoms with van der Waals surface area (Å²) in [6.07, 6.45) is 4.11. The predicted octanol–water partition coefficient (Wildman–Crippen LogP) is 2.15. The van der Waals surface area contributed by atoms with Gasteiger partial charge in [0, 0.05) is 23.7 Å². The summed E-state index contributed by atoms with van der Waals surface area (Å²) in [4.78, 5) is 26.4. The van der Waals surface area contributed by atoms with E-state index in [0.29, 0.717) is 5.69 Å². The van der Waals surface area contributed by atoms with Crippen molar-refractivity contribution in [3.05, 3.63) is 24.3 Å². The Morgan fingerprint density at radius 2 is 1.85 bits per heavy atom. The highest BCUT2D eigenvalue weighted by molar-refractivity contribution is 7.98. The van der Waals surface area contributed by atoms with E-state index in [0.717, 1.165) is 30.8 Å². The number of anilines is 1. The molecule has 1 saturated heterocycles. The molecule has 2 N–H and O–H groups in total. The minimum Gasteiger partial charge on any atom is -0.341 e. The normalized spacial score (nSPS) is 14.2. The van der Waals surface area contributed by atoms with Gasteiger partial charge >= 0.3 is 6.03 Å². The van der Waals surface area contributed by atoms with E-state index < -0.39 is 0 Å². The minimum absolute atomic E-state index is 0.0182. The van der Waals surface area contributed by atoms with E-state index in [1.165, 1.54) is 0 Å². The van der Waals surface area contributed by atoms with Crippen molar-refractivity contribution >= 4 is 29.4 Å². The molecule has 2 rings (SSSR count). The first-order valence-electron chi connectivity index (χ1n) is 6.66. The molecule has 3 amide bonds. The third kappa shape index (κ3) is 4.16. The standard InChI is InChI=1S/C14H19N3O2S/c1-20-12-6-4-11(5-7-12)16-14(19)15-10-13(18)17-8-2-3-9-17/h4-7H,2-3,8-10H2,1H3,(H2,15,16,19). The monoisotopic (exact) mass is 293 g/mol. The maximum Gasteiger partial charge on any atom is 0.319 e. The summed E-state index contributed by atoms with van der Waals surface area (Å²) in [5, 5.41) is 5.30. The van der Waals surface area contributed by atoms with Crippen molar-refractivity contribution < 1.29 is 9.59 Å². The second-order valence-electron chi connectivity index (χ2n) is 4.62. The summed E-state index contributed by atoms with van der Waals surface area (Å²) in [6, 6.07) is 7.21. The second-order valence-corrected chi connectivity index (χ2v) is 5.50. The summed E-state index contributed by atoms with van der Waals surface area (Å²) >= 11 is 1.65. The molecule has 1 aromatic carbocycles. The largest absolute Gasteiger partial charge is 0.341 e. The summed E-state index contributed by atoms with van der Waals surface area (Å²) in [7, 11) is 0.